The van der Waals surface area contributed by atoms with Crippen molar-refractivity contribution in [2.75, 3.05) is 24.6 Å². The predicted octanol–water partition coefficient (Wildman–Crippen LogP) is 2.76. The van der Waals surface area contributed by atoms with Crippen molar-refractivity contribution < 1.29 is 8.42 Å². The quantitative estimate of drug-likeness (QED) is 0.879. The van der Waals surface area contributed by atoms with E-state index in [0.29, 0.717) is 23.3 Å². The number of rotatable bonds is 6. The zero-order valence-corrected chi connectivity index (χ0v) is 14.1. The second-order valence-corrected chi connectivity index (χ2v) is 8.96. The minimum absolute atomic E-state index is 0.248. The zero-order chi connectivity index (χ0) is 15.5. The Labute approximate surface area is 129 Å². The first kappa shape index (κ1) is 16.5. The molecule has 21 heavy (non-hydrogen) atoms. The second kappa shape index (κ2) is 6.93. The molecule has 0 aliphatic carbocycles. The Hall–Kier alpha value is -0.870. The van der Waals surface area contributed by atoms with E-state index in [1.165, 1.54) is 11.1 Å². The zero-order valence-electron chi connectivity index (χ0n) is 13.3. The number of aryl methyl sites for hydroxylation is 1. The van der Waals surface area contributed by atoms with Crippen molar-refractivity contribution in [3.63, 3.8) is 0 Å². The Morgan fingerprint density at radius 3 is 2.38 bits per heavy atom. The number of benzene rings is 1. The van der Waals surface area contributed by atoms with Gasteiger partial charge in [-0.3, -0.25) is 0 Å². The van der Waals surface area contributed by atoms with Crippen LogP contribution >= 0.6 is 0 Å². The Balaban J connectivity index is 2.12. The fourth-order valence-electron chi connectivity index (χ4n) is 3.04. The van der Waals surface area contributed by atoms with Gasteiger partial charge in [-0.15, -0.1) is 0 Å². The monoisotopic (exact) mass is 309 g/mol. The highest BCUT2D eigenvalue weighted by Crippen LogP contribution is 2.33. The summed E-state index contributed by atoms with van der Waals surface area (Å²) >= 11 is 0. The van der Waals surface area contributed by atoms with Crippen molar-refractivity contribution in [2.45, 2.75) is 33.1 Å². The van der Waals surface area contributed by atoms with Crippen LogP contribution in [-0.4, -0.2) is 33.0 Å². The maximum absolute atomic E-state index is 11.8. The van der Waals surface area contributed by atoms with Crippen LogP contribution in [0.3, 0.4) is 0 Å². The highest BCUT2D eigenvalue weighted by molar-refractivity contribution is 7.91. The normalized spacial score (nSPS) is 22.6. The minimum Gasteiger partial charge on any atom is -0.316 e. The second-order valence-electron chi connectivity index (χ2n) is 6.73. The van der Waals surface area contributed by atoms with Gasteiger partial charge in [-0.1, -0.05) is 43.7 Å². The summed E-state index contributed by atoms with van der Waals surface area (Å²) in [6, 6.07) is 8.55. The first-order valence-corrected chi connectivity index (χ1v) is 9.67. The first-order chi connectivity index (χ1) is 9.87. The molecule has 4 heteroatoms. The van der Waals surface area contributed by atoms with Gasteiger partial charge >= 0.3 is 0 Å². The number of hydrogen-bond acceptors (Lipinski definition) is 3. The van der Waals surface area contributed by atoms with Gasteiger partial charge in [0.05, 0.1) is 11.5 Å². The number of nitrogens with one attached hydrogen (secondary N) is 1. The van der Waals surface area contributed by atoms with E-state index in [9.17, 15) is 8.42 Å². The molecule has 2 unspecified atom stereocenters. The van der Waals surface area contributed by atoms with Gasteiger partial charge in [0.25, 0.3) is 0 Å². The van der Waals surface area contributed by atoms with E-state index in [0.717, 1.165) is 19.5 Å². The van der Waals surface area contributed by atoms with Gasteiger partial charge in [-0.25, -0.2) is 8.42 Å². The average molecular weight is 309 g/mol. The lowest BCUT2D eigenvalue weighted by Gasteiger charge is -2.24. The summed E-state index contributed by atoms with van der Waals surface area (Å²) in [6.07, 6.45) is 0.796. The molecule has 2 atom stereocenters. The SMILES string of the molecule is Cc1ccc(C(CNCC(C)C)C2CCS(=O)(=O)C2)cc1. The topological polar surface area (TPSA) is 46.2 Å². The lowest BCUT2D eigenvalue weighted by Crippen LogP contribution is -2.30. The van der Waals surface area contributed by atoms with Gasteiger partial charge in [0.2, 0.25) is 0 Å². The molecule has 118 valence electrons. The van der Waals surface area contributed by atoms with Crippen LogP contribution in [0.25, 0.3) is 0 Å². The highest BCUT2D eigenvalue weighted by atomic mass is 32.2. The summed E-state index contributed by atoms with van der Waals surface area (Å²) in [4.78, 5) is 0. The molecule has 0 saturated carbocycles. The molecular weight excluding hydrogens is 282 g/mol. The first-order valence-electron chi connectivity index (χ1n) is 7.85. The Morgan fingerprint density at radius 1 is 1.19 bits per heavy atom. The summed E-state index contributed by atoms with van der Waals surface area (Å²) in [7, 11) is -2.83. The third kappa shape index (κ3) is 4.82. The van der Waals surface area contributed by atoms with Gasteiger partial charge in [0.1, 0.15) is 0 Å². The summed E-state index contributed by atoms with van der Waals surface area (Å²) < 4.78 is 23.6. The fourth-order valence-corrected chi connectivity index (χ4v) is 4.92. The van der Waals surface area contributed by atoms with Gasteiger partial charge in [0.15, 0.2) is 9.84 Å². The molecule has 2 rings (SSSR count). The van der Waals surface area contributed by atoms with Crippen molar-refractivity contribution in [3.05, 3.63) is 35.4 Å². The van der Waals surface area contributed by atoms with Crippen molar-refractivity contribution >= 4 is 9.84 Å². The van der Waals surface area contributed by atoms with E-state index in [1.807, 2.05) is 0 Å². The largest absolute Gasteiger partial charge is 0.316 e. The third-order valence-corrected chi connectivity index (χ3v) is 6.05. The lowest BCUT2D eigenvalue weighted by atomic mass is 9.85. The summed E-state index contributed by atoms with van der Waals surface area (Å²) in [5.74, 6) is 1.84. The van der Waals surface area contributed by atoms with Crippen molar-refractivity contribution in [2.24, 2.45) is 11.8 Å². The molecule has 1 saturated heterocycles. The Morgan fingerprint density at radius 2 is 1.86 bits per heavy atom. The molecule has 0 bridgehead atoms. The lowest BCUT2D eigenvalue weighted by molar-refractivity contribution is 0.424. The molecule has 0 amide bonds. The minimum atomic E-state index is -2.83. The van der Waals surface area contributed by atoms with Crippen molar-refractivity contribution in [1.29, 1.82) is 0 Å². The maximum Gasteiger partial charge on any atom is 0.150 e. The molecule has 0 spiro atoms. The van der Waals surface area contributed by atoms with Crippen LogP contribution < -0.4 is 5.32 Å². The average Bonchev–Trinajstić information content (AvgIpc) is 2.76. The number of hydrogen-bond donors (Lipinski definition) is 1. The van der Waals surface area contributed by atoms with Gasteiger partial charge in [-0.2, -0.15) is 0 Å². The number of sulfone groups is 1. The van der Waals surface area contributed by atoms with Crippen molar-refractivity contribution in [3.8, 4) is 0 Å². The van der Waals surface area contributed by atoms with Crippen LogP contribution in [0.5, 0.6) is 0 Å². The molecule has 1 heterocycles. The third-order valence-electron chi connectivity index (χ3n) is 4.26. The van der Waals surface area contributed by atoms with Crippen LogP contribution in [0.2, 0.25) is 0 Å². The molecule has 1 aromatic carbocycles. The predicted molar refractivity (Wildman–Crippen MR) is 88.4 cm³/mol. The maximum atomic E-state index is 11.8. The van der Waals surface area contributed by atoms with Gasteiger partial charge in [-0.05, 0) is 37.3 Å². The standard InChI is InChI=1S/C17H27NO2S/c1-13(2)10-18-11-17(15-6-4-14(3)5-7-15)16-8-9-21(19,20)12-16/h4-7,13,16-18H,8-12H2,1-3H3. The van der Waals surface area contributed by atoms with E-state index in [1.54, 1.807) is 0 Å². The van der Waals surface area contributed by atoms with E-state index >= 15 is 0 Å². The molecule has 1 aliphatic heterocycles. The van der Waals surface area contributed by atoms with Crippen LogP contribution in [0.1, 0.15) is 37.3 Å². The molecule has 1 aromatic rings. The van der Waals surface area contributed by atoms with E-state index in [4.69, 9.17) is 0 Å². The molecule has 0 aromatic heterocycles. The molecule has 1 fully saturated rings. The van der Waals surface area contributed by atoms with E-state index < -0.39 is 9.84 Å². The van der Waals surface area contributed by atoms with E-state index in [2.05, 4.69) is 50.4 Å². The van der Waals surface area contributed by atoms with Crippen LogP contribution in [0.4, 0.5) is 0 Å². The molecule has 1 aliphatic rings. The van der Waals surface area contributed by atoms with Gasteiger partial charge in [0, 0.05) is 12.5 Å². The molecule has 1 N–H and O–H groups in total. The molecular formula is C17H27NO2S. The summed E-state index contributed by atoms with van der Waals surface area (Å²) in [6.45, 7) is 8.29. The molecule has 3 nitrogen and oxygen atoms in total. The van der Waals surface area contributed by atoms with Crippen molar-refractivity contribution in [1.82, 2.24) is 5.32 Å². The smallest absolute Gasteiger partial charge is 0.150 e. The van der Waals surface area contributed by atoms with Gasteiger partial charge < -0.3 is 5.32 Å². The Kier molecular flexibility index (Phi) is 5.44. The fraction of sp³-hybridized carbons (Fsp3) is 0.647. The summed E-state index contributed by atoms with van der Waals surface area (Å²) in [5.41, 5.74) is 2.51. The molecule has 0 radical (unpaired) electrons. The summed E-state index contributed by atoms with van der Waals surface area (Å²) in [5, 5.41) is 3.51. The highest BCUT2D eigenvalue weighted by Gasteiger charge is 2.34. The van der Waals surface area contributed by atoms with Crippen LogP contribution in [0, 0.1) is 18.8 Å². The van der Waals surface area contributed by atoms with Crippen LogP contribution in [0.15, 0.2) is 24.3 Å². The van der Waals surface area contributed by atoms with E-state index in [-0.39, 0.29) is 5.92 Å². The Bertz CT molecular complexity index is 549. The van der Waals surface area contributed by atoms with Crippen LogP contribution in [-0.2, 0) is 9.84 Å².